The minimum absolute atomic E-state index is 0. The predicted octanol–water partition coefficient (Wildman–Crippen LogP) is 3.37. The molecule has 0 aliphatic carbocycles. The van der Waals surface area contributed by atoms with Gasteiger partial charge in [-0.25, -0.2) is 4.99 Å². The standard InChI is InChI=1S/C18H25F3N4O.HI/c1-13(2)10-22-17(23-11-16(26)24(3)4)25(5)12-14-6-8-15(9-7-14)18(19,20)21;/h6-9H,1,10-12H2,2-5H3,(H,22,23);1H. The first kappa shape index (κ1) is 25.2. The molecule has 1 amide bonds. The second-order valence-corrected chi connectivity index (χ2v) is 6.29. The Morgan fingerprint density at radius 3 is 2.19 bits per heavy atom. The number of carbonyl (C=O) groups excluding carboxylic acids is 1. The number of amides is 1. The third-order valence-corrected chi connectivity index (χ3v) is 3.47. The second-order valence-electron chi connectivity index (χ2n) is 6.29. The molecule has 152 valence electrons. The van der Waals surface area contributed by atoms with E-state index in [4.69, 9.17) is 0 Å². The van der Waals surface area contributed by atoms with Crippen molar-refractivity contribution in [2.24, 2.45) is 4.99 Å². The molecule has 1 N–H and O–H groups in total. The lowest BCUT2D eigenvalue weighted by Gasteiger charge is -2.23. The largest absolute Gasteiger partial charge is 0.416 e. The number of hydrogen-bond acceptors (Lipinski definition) is 2. The number of hydrogen-bond donors (Lipinski definition) is 1. The molecule has 0 saturated heterocycles. The third kappa shape index (κ3) is 9.12. The van der Waals surface area contributed by atoms with Gasteiger partial charge in [-0.05, 0) is 24.6 Å². The quantitative estimate of drug-likeness (QED) is 0.283. The van der Waals surface area contributed by atoms with E-state index >= 15 is 0 Å². The van der Waals surface area contributed by atoms with Gasteiger partial charge in [0.05, 0.1) is 5.56 Å². The van der Waals surface area contributed by atoms with Gasteiger partial charge in [-0.1, -0.05) is 24.3 Å². The number of guanidine groups is 1. The molecule has 9 heteroatoms. The van der Waals surface area contributed by atoms with E-state index in [2.05, 4.69) is 16.9 Å². The number of alkyl halides is 3. The number of rotatable bonds is 6. The Kier molecular flexibility index (Phi) is 10.4. The van der Waals surface area contributed by atoms with Crippen LogP contribution in [0.5, 0.6) is 0 Å². The molecule has 0 aliphatic heterocycles. The highest BCUT2D eigenvalue weighted by Crippen LogP contribution is 2.29. The van der Waals surface area contributed by atoms with Crippen LogP contribution in [0.25, 0.3) is 0 Å². The lowest BCUT2D eigenvalue weighted by molar-refractivity contribution is -0.137. The highest BCUT2D eigenvalue weighted by molar-refractivity contribution is 14.0. The van der Waals surface area contributed by atoms with Crippen LogP contribution in [0.4, 0.5) is 13.2 Å². The van der Waals surface area contributed by atoms with E-state index in [9.17, 15) is 18.0 Å². The summed E-state index contributed by atoms with van der Waals surface area (Å²) < 4.78 is 37.9. The monoisotopic (exact) mass is 498 g/mol. The molecule has 0 heterocycles. The first-order valence-corrected chi connectivity index (χ1v) is 8.01. The zero-order valence-electron chi connectivity index (χ0n) is 15.9. The molecule has 0 radical (unpaired) electrons. The van der Waals surface area contributed by atoms with Gasteiger partial charge in [0.15, 0.2) is 5.96 Å². The number of benzene rings is 1. The van der Waals surface area contributed by atoms with Crippen LogP contribution in [0.3, 0.4) is 0 Å². The smallest absolute Gasteiger partial charge is 0.353 e. The summed E-state index contributed by atoms with van der Waals surface area (Å²) in [7, 11) is 5.04. The third-order valence-electron chi connectivity index (χ3n) is 3.47. The summed E-state index contributed by atoms with van der Waals surface area (Å²) in [5.74, 6) is 0.325. The highest BCUT2D eigenvalue weighted by atomic mass is 127. The number of aliphatic imine (C=N–C) groups is 1. The van der Waals surface area contributed by atoms with Gasteiger partial charge in [-0.15, -0.1) is 24.0 Å². The fraction of sp³-hybridized carbons (Fsp3) is 0.444. The molecule has 5 nitrogen and oxygen atoms in total. The minimum Gasteiger partial charge on any atom is -0.353 e. The van der Waals surface area contributed by atoms with Crippen molar-refractivity contribution in [1.29, 1.82) is 0 Å². The zero-order chi connectivity index (χ0) is 19.9. The van der Waals surface area contributed by atoms with Crippen LogP contribution in [0, 0.1) is 0 Å². The van der Waals surface area contributed by atoms with E-state index in [0.717, 1.165) is 17.7 Å². The van der Waals surface area contributed by atoms with Crippen molar-refractivity contribution < 1.29 is 18.0 Å². The van der Waals surface area contributed by atoms with Gasteiger partial charge >= 0.3 is 6.18 Å². The maximum atomic E-state index is 12.6. The van der Waals surface area contributed by atoms with Gasteiger partial charge < -0.3 is 15.1 Å². The van der Waals surface area contributed by atoms with Crippen molar-refractivity contribution in [1.82, 2.24) is 15.1 Å². The highest BCUT2D eigenvalue weighted by Gasteiger charge is 2.29. The first-order chi connectivity index (χ1) is 12.0. The van der Waals surface area contributed by atoms with Crippen LogP contribution in [0.15, 0.2) is 41.4 Å². The van der Waals surface area contributed by atoms with E-state index in [0.29, 0.717) is 24.6 Å². The maximum absolute atomic E-state index is 12.6. The number of nitrogens with one attached hydrogen (secondary N) is 1. The van der Waals surface area contributed by atoms with E-state index < -0.39 is 11.7 Å². The summed E-state index contributed by atoms with van der Waals surface area (Å²) in [5, 5.41) is 3.09. The van der Waals surface area contributed by atoms with Crippen molar-refractivity contribution in [3.8, 4) is 0 Å². The fourth-order valence-electron chi connectivity index (χ4n) is 1.97. The number of halogens is 4. The summed E-state index contributed by atoms with van der Waals surface area (Å²) >= 11 is 0. The van der Waals surface area contributed by atoms with Crippen LogP contribution in [0.1, 0.15) is 18.1 Å². The van der Waals surface area contributed by atoms with Crippen LogP contribution in [-0.2, 0) is 17.5 Å². The molecule has 1 rings (SSSR count). The Labute approximate surface area is 175 Å². The molecule has 0 saturated carbocycles. The van der Waals surface area contributed by atoms with Crippen molar-refractivity contribution in [2.75, 3.05) is 34.2 Å². The SMILES string of the molecule is C=C(C)CNC(=NCC(=O)N(C)C)N(C)Cc1ccc(C(F)(F)F)cc1.I. The maximum Gasteiger partial charge on any atom is 0.416 e. The molecule has 1 aromatic carbocycles. The fourth-order valence-corrected chi connectivity index (χ4v) is 1.97. The van der Waals surface area contributed by atoms with Crippen LogP contribution in [-0.4, -0.2) is 55.9 Å². The average Bonchev–Trinajstić information content (AvgIpc) is 2.53. The van der Waals surface area contributed by atoms with Crippen molar-refractivity contribution in [2.45, 2.75) is 19.6 Å². The molecule has 0 unspecified atom stereocenters. The Bertz CT molecular complexity index is 658. The average molecular weight is 498 g/mol. The molecule has 0 atom stereocenters. The predicted molar refractivity (Wildman–Crippen MR) is 112 cm³/mol. The van der Waals surface area contributed by atoms with E-state index in [-0.39, 0.29) is 36.4 Å². The van der Waals surface area contributed by atoms with Crippen LogP contribution < -0.4 is 5.32 Å². The van der Waals surface area contributed by atoms with Gasteiger partial charge in [0, 0.05) is 34.2 Å². The Morgan fingerprint density at radius 2 is 1.74 bits per heavy atom. The van der Waals surface area contributed by atoms with Crippen molar-refractivity contribution >= 4 is 35.8 Å². The van der Waals surface area contributed by atoms with Crippen molar-refractivity contribution in [3.05, 3.63) is 47.5 Å². The van der Waals surface area contributed by atoms with E-state index in [1.807, 2.05) is 6.92 Å². The van der Waals surface area contributed by atoms with Gasteiger partial charge in [0.2, 0.25) is 5.91 Å². The number of likely N-dealkylation sites (N-methyl/N-ethyl adjacent to an activating group) is 1. The van der Waals surface area contributed by atoms with Crippen LogP contribution in [0.2, 0.25) is 0 Å². The molecular weight excluding hydrogens is 472 g/mol. The summed E-state index contributed by atoms with van der Waals surface area (Å²) in [6.07, 6.45) is -4.35. The van der Waals surface area contributed by atoms with Gasteiger partial charge in [-0.3, -0.25) is 4.79 Å². The number of nitrogens with zero attached hydrogens (tertiary/aromatic N) is 3. The van der Waals surface area contributed by atoms with Gasteiger partial charge in [0.25, 0.3) is 0 Å². The topological polar surface area (TPSA) is 47.9 Å². The lowest BCUT2D eigenvalue weighted by atomic mass is 10.1. The van der Waals surface area contributed by atoms with Gasteiger partial charge in [0.1, 0.15) is 6.54 Å². The molecular formula is C18H26F3IN4O. The summed E-state index contributed by atoms with van der Waals surface area (Å²) in [4.78, 5) is 19.2. The van der Waals surface area contributed by atoms with E-state index in [1.165, 1.54) is 17.0 Å². The molecule has 1 aromatic rings. The molecule has 0 fully saturated rings. The Morgan fingerprint density at radius 1 is 1.19 bits per heavy atom. The summed E-state index contributed by atoms with van der Waals surface area (Å²) in [6.45, 7) is 6.46. The summed E-state index contributed by atoms with van der Waals surface area (Å²) in [5.41, 5.74) is 0.901. The van der Waals surface area contributed by atoms with E-state index in [1.54, 1.807) is 26.0 Å². The zero-order valence-corrected chi connectivity index (χ0v) is 18.3. The summed E-state index contributed by atoms with van der Waals surface area (Å²) in [6, 6.07) is 4.97. The Hall–Kier alpha value is -1.78. The normalized spacial score (nSPS) is 11.4. The molecule has 0 bridgehead atoms. The van der Waals surface area contributed by atoms with Gasteiger partial charge in [-0.2, -0.15) is 13.2 Å². The van der Waals surface area contributed by atoms with Crippen molar-refractivity contribution in [3.63, 3.8) is 0 Å². The minimum atomic E-state index is -4.35. The molecule has 0 aliphatic rings. The lowest BCUT2D eigenvalue weighted by Crippen LogP contribution is -2.40. The molecule has 27 heavy (non-hydrogen) atoms. The van der Waals surface area contributed by atoms with Crippen LogP contribution >= 0.6 is 24.0 Å². The molecule has 0 spiro atoms. The second kappa shape index (κ2) is 11.2. The number of carbonyl (C=O) groups is 1. The molecule has 0 aromatic heterocycles. The Balaban J connectivity index is 0.00000676. The first-order valence-electron chi connectivity index (χ1n) is 8.01.